The van der Waals surface area contributed by atoms with Gasteiger partial charge in [0.25, 0.3) is 5.91 Å². The number of carbonyl (C=O) groups is 1. The molecule has 0 saturated carbocycles. The van der Waals surface area contributed by atoms with Crippen molar-refractivity contribution in [1.82, 2.24) is 19.9 Å². The van der Waals surface area contributed by atoms with Crippen molar-refractivity contribution in [1.29, 1.82) is 0 Å². The minimum atomic E-state index is -0.0791. The van der Waals surface area contributed by atoms with Crippen molar-refractivity contribution < 1.29 is 4.79 Å². The lowest BCUT2D eigenvalue weighted by molar-refractivity contribution is 0.0957. The number of benzene rings is 1. The van der Waals surface area contributed by atoms with Gasteiger partial charge in [0.15, 0.2) is 0 Å². The number of aryl methyl sites for hydroxylation is 1. The second kappa shape index (κ2) is 6.53. The van der Waals surface area contributed by atoms with Crippen LogP contribution in [0.25, 0.3) is 11.3 Å². The van der Waals surface area contributed by atoms with Crippen LogP contribution in [0.1, 0.15) is 14.7 Å². The first kappa shape index (κ1) is 14.5. The van der Waals surface area contributed by atoms with E-state index in [2.05, 4.69) is 15.3 Å². The van der Waals surface area contributed by atoms with Gasteiger partial charge in [-0.25, -0.2) is 9.97 Å². The summed E-state index contributed by atoms with van der Waals surface area (Å²) >= 11 is 1.42. The van der Waals surface area contributed by atoms with Crippen molar-refractivity contribution in [2.75, 3.05) is 6.54 Å². The Morgan fingerprint density at radius 3 is 2.86 bits per heavy atom. The van der Waals surface area contributed by atoms with Crippen LogP contribution in [0.2, 0.25) is 0 Å². The van der Waals surface area contributed by atoms with Crippen LogP contribution in [0.3, 0.4) is 0 Å². The summed E-state index contributed by atoms with van der Waals surface area (Å²) in [5.41, 5.74) is 1.72. The Morgan fingerprint density at radius 1 is 1.32 bits per heavy atom. The molecule has 0 bridgehead atoms. The molecular weight excluding hydrogens is 296 g/mol. The molecular formula is C16H16N4OS. The summed E-state index contributed by atoms with van der Waals surface area (Å²) in [6, 6.07) is 9.79. The van der Waals surface area contributed by atoms with Gasteiger partial charge in [-0.05, 0) is 6.92 Å². The van der Waals surface area contributed by atoms with Crippen molar-refractivity contribution in [2.45, 2.75) is 13.5 Å². The Bertz CT molecular complexity index is 750. The van der Waals surface area contributed by atoms with Crippen LogP contribution in [0.4, 0.5) is 0 Å². The highest BCUT2D eigenvalue weighted by Crippen LogP contribution is 2.27. The van der Waals surface area contributed by atoms with E-state index in [1.165, 1.54) is 11.3 Å². The first-order valence-corrected chi connectivity index (χ1v) is 7.82. The lowest BCUT2D eigenvalue weighted by atomic mass is 10.1. The third kappa shape index (κ3) is 3.23. The maximum atomic E-state index is 12.4. The Labute approximate surface area is 132 Å². The quantitative estimate of drug-likeness (QED) is 0.788. The molecule has 0 aliphatic rings. The summed E-state index contributed by atoms with van der Waals surface area (Å²) in [5.74, 6) is -0.0791. The minimum absolute atomic E-state index is 0.0791. The average molecular weight is 312 g/mol. The molecule has 0 saturated heterocycles. The molecule has 2 aromatic heterocycles. The van der Waals surface area contributed by atoms with Crippen molar-refractivity contribution in [3.63, 3.8) is 0 Å². The van der Waals surface area contributed by atoms with Crippen LogP contribution in [0, 0.1) is 6.92 Å². The number of hydrogen-bond acceptors (Lipinski definition) is 4. The summed E-state index contributed by atoms with van der Waals surface area (Å²) in [4.78, 5) is 21.6. The van der Waals surface area contributed by atoms with Gasteiger partial charge in [0, 0.05) is 31.0 Å². The molecule has 2 heterocycles. The van der Waals surface area contributed by atoms with Crippen molar-refractivity contribution in [3.8, 4) is 11.3 Å². The van der Waals surface area contributed by atoms with Crippen LogP contribution in [-0.4, -0.2) is 27.0 Å². The fourth-order valence-corrected chi connectivity index (χ4v) is 3.03. The predicted octanol–water partition coefficient (Wildman–Crippen LogP) is 2.75. The molecule has 1 amide bonds. The van der Waals surface area contributed by atoms with Gasteiger partial charge >= 0.3 is 0 Å². The monoisotopic (exact) mass is 312 g/mol. The lowest BCUT2D eigenvalue weighted by Crippen LogP contribution is -2.26. The van der Waals surface area contributed by atoms with E-state index in [0.717, 1.165) is 16.3 Å². The van der Waals surface area contributed by atoms with E-state index in [4.69, 9.17) is 0 Å². The number of imidazole rings is 1. The smallest absolute Gasteiger partial charge is 0.263 e. The zero-order chi connectivity index (χ0) is 15.4. The molecule has 5 nitrogen and oxygen atoms in total. The largest absolute Gasteiger partial charge is 0.349 e. The minimum Gasteiger partial charge on any atom is -0.349 e. The Morgan fingerprint density at radius 2 is 2.14 bits per heavy atom. The summed E-state index contributed by atoms with van der Waals surface area (Å²) in [6.45, 7) is 3.17. The molecule has 3 aromatic rings. The van der Waals surface area contributed by atoms with Crippen LogP contribution in [0.5, 0.6) is 0 Å². The Balaban J connectivity index is 1.72. The Kier molecular flexibility index (Phi) is 4.29. The van der Waals surface area contributed by atoms with Crippen molar-refractivity contribution >= 4 is 17.2 Å². The predicted molar refractivity (Wildman–Crippen MR) is 86.8 cm³/mol. The second-order valence-corrected chi connectivity index (χ2v) is 6.04. The third-order valence-corrected chi connectivity index (χ3v) is 4.17. The number of carbonyl (C=O) groups excluding carboxylic acids is 1. The van der Waals surface area contributed by atoms with Gasteiger partial charge in [-0.1, -0.05) is 30.3 Å². The van der Waals surface area contributed by atoms with Gasteiger partial charge in [-0.2, -0.15) is 0 Å². The topological polar surface area (TPSA) is 59.8 Å². The maximum absolute atomic E-state index is 12.4. The standard InChI is InChI=1S/C16H16N4OS/c1-12-19-14(13-5-3-2-4-6-13)15(22-12)16(21)18-8-10-20-9-7-17-11-20/h2-7,9,11H,8,10H2,1H3,(H,18,21). The first-order chi connectivity index (χ1) is 10.7. The summed E-state index contributed by atoms with van der Waals surface area (Å²) in [5, 5.41) is 3.83. The summed E-state index contributed by atoms with van der Waals surface area (Å²) < 4.78 is 1.93. The number of thiazole rings is 1. The highest BCUT2D eigenvalue weighted by molar-refractivity contribution is 7.14. The zero-order valence-electron chi connectivity index (χ0n) is 12.2. The van der Waals surface area contributed by atoms with Gasteiger partial charge < -0.3 is 9.88 Å². The molecule has 1 aromatic carbocycles. The molecule has 112 valence electrons. The third-order valence-electron chi connectivity index (χ3n) is 3.20. The van der Waals surface area contributed by atoms with Crippen LogP contribution < -0.4 is 5.32 Å². The SMILES string of the molecule is Cc1nc(-c2ccccc2)c(C(=O)NCCn2ccnc2)s1. The molecule has 3 rings (SSSR count). The average Bonchev–Trinajstić information content (AvgIpc) is 3.17. The number of hydrogen-bond donors (Lipinski definition) is 1. The molecule has 0 aliphatic heterocycles. The molecule has 0 atom stereocenters. The molecule has 0 aliphatic carbocycles. The molecule has 1 N–H and O–H groups in total. The number of nitrogens with one attached hydrogen (secondary N) is 1. The molecule has 22 heavy (non-hydrogen) atoms. The van der Waals surface area contributed by atoms with Gasteiger partial charge in [0.05, 0.1) is 17.0 Å². The van der Waals surface area contributed by atoms with Crippen LogP contribution in [-0.2, 0) is 6.54 Å². The van der Waals surface area contributed by atoms with Crippen molar-refractivity contribution in [3.05, 3.63) is 58.9 Å². The van der Waals surface area contributed by atoms with E-state index in [1.54, 1.807) is 12.5 Å². The van der Waals surface area contributed by atoms with Crippen molar-refractivity contribution in [2.24, 2.45) is 0 Å². The molecule has 6 heteroatoms. The van der Waals surface area contributed by atoms with Gasteiger partial charge in [0.1, 0.15) is 4.88 Å². The normalized spacial score (nSPS) is 10.6. The number of aromatic nitrogens is 3. The molecule has 0 radical (unpaired) electrons. The summed E-state index contributed by atoms with van der Waals surface area (Å²) in [7, 11) is 0. The lowest BCUT2D eigenvalue weighted by Gasteiger charge is -2.06. The first-order valence-electron chi connectivity index (χ1n) is 7.01. The Hall–Kier alpha value is -2.47. The van der Waals surface area contributed by atoms with E-state index in [9.17, 15) is 4.79 Å². The van der Waals surface area contributed by atoms with Crippen LogP contribution >= 0.6 is 11.3 Å². The fraction of sp³-hybridized carbons (Fsp3) is 0.188. The highest BCUT2D eigenvalue weighted by atomic mass is 32.1. The zero-order valence-corrected chi connectivity index (χ0v) is 13.0. The summed E-state index contributed by atoms with van der Waals surface area (Å²) in [6.07, 6.45) is 5.33. The highest BCUT2D eigenvalue weighted by Gasteiger charge is 2.17. The number of rotatable bonds is 5. The molecule has 0 spiro atoms. The molecule has 0 unspecified atom stereocenters. The number of nitrogens with zero attached hydrogens (tertiary/aromatic N) is 3. The van der Waals surface area contributed by atoms with Gasteiger partial charge in [0.2, 0.25) is 0 Å². The number of amides is 1. The van der Waals surface area contributed by atoms with E-state index in [1.807, 2.05) is 48.0 Å². The van der Waals surface area contributed by atoms with E-state index in [-0.39, 0.29) is 5.91 Å². The second-order valence-electron chi connectivity index (χ2n) is 4.83. The fourth-order valence-electron chi connectivity index (χ4n) is 2.17. The van der Waals surface area contributed by atoms with E-state index in [0.29, 0.717) is 18.0 Å². The van der Waals surface area contributed by atoms with Gasteiger partial charge in [-0.15, -0.1) is 11.3 Å². The molecule has 0 fully saturated rings. The van der Waals surface area contributed by atoms with Gasteiger partial charge in [-0.3, -0.25) is 4.79 Å². The van der Waals surface area contributed by atoms with E-state index >= 15 is 0 Å². The van der Waals surface area contributed by atoms with E-state index < -0.39 is 0 Å². The maximum Gasteiger partial charge on any atom is 0.263 e. The van der Waals surface area contributed by atoms with Crippen LogP contribution in [0.15, 0.2) is 49.1 Å².